The van der Waals surface area contributed by atoms with Gasteiger partial charge in [0, 0.05) is 13.2 Å². The third-order valence-corrected chi connectivity index (χ3v) is 1.43. The van der Waals surface area contributed by atoms with E-state index in [1.807, 2.05) is 6.92 Å². The number of rotatable bonds is 5. The van der Waals surface area contributed by atoms with Gasteiger partial charge in [-0.3, -0.25) is 4.79 Å². The second-order valence-electron chi connectivity index (χ2n) is 2.57. The molecule has 0 bridgehead atoms. The first kappa shape index (κ1) is 10.2. The topological polar surface area (TPSA) is 49.3 Å². The first-order valence-corrected chi connectivity index (χ1v) is 3.71. The van der Waals surface area contributed by atoms with Crippen molar-refractivity contribution < 1.29 is 9.90 Å². The van der Waals surface area contributed by atoms with Crippen molar-refractivity contribution in [2.24, 2.45) is 5.92 Å². The molecule has 0 aliphatic rings. The summed E-state index contributed by atoms with van der Waals surface area (Å²) in [6.07, 6.45) is 1.96. The van der Waals surface area contributed by atoms with Crippen LogP contribution in [0.2, 0.25) is 0 Å². The van der Waals surface area contributed by atoms with Crippen LogP contribution in [0.15, 0.2) is 12.7 Å². The Morgan fingerprint density at radius 1 is 1.82 bits per heavy atom. The van der Waals surface area contributed by atoms with Crippen molar-refractivity contribution in [3.63, 3.8) is 0 Å². The Labute approximate surface area is 67.1 Å². The third kappa shape index (κ3) is 5.61. The Morgan fingerprint density at radius 2 is 2.45 bits per heavy atom. The molecule has 0 aromatic heterocycles. The van der Waals surface area contributed by atoms with Crippen LogP contribution in [0, 0.1) is 5.92 Å². The molecule has 3 heteroatoms. The summed E-state index contributed by atoms with van der Waals surface area (Å²) in [6.45, 7) is 6.07. The van der Waals surface area contributed by atoms with Crippen molar-refractivity contribution in [1.29, 1.82) is 0 Å². The van der Waals surface area contributed by atoms with Crippen molar-refractivity contribution >= 4 is 5.91 Å². The van der Waals surface area contributed by atoms with Gasteiger partial charge in [0.25, 0.3) is 0 Å². The smallest absolute Gasteiger partial charge is 0.243 e. The van der Waals surface area contributed by atoms with Crippen LogP contribution in [0.5, 0.6) is 0 Å². The SMILES string of the molecule is C=CC(=O)NCC(C)CCO. The minimum Gasteiger partial charge on any atom is -0.396 e. The van der Waals surface area contributed by atoms with Crippen LogP contribution in [-0.2, 0) is 4.79 Å². The first-order valence-electron chi connectivity index (χ1n) is 3.71. The Balaban J connectivity index is 3.37. The summed E-state index contributed by atoms with van der Waals surface area (Å²) in [4.78, 5) is 10.6. The van der Waals surface area contributed by atoms with Crippen molar-refractivity contribution in [3.8, 4) is 0 Å². The van der Waals surface area contributed by atoms with E-state index in [2.05, 4.69) is 11.9 Å². The molecule has 0 spiro atoms. The van der Waals surface area contributed by atoms with Crippen LogP contribution >= 0.6 is 0 Å². The van der Waals surface area contributed by atoms with E-state index in [0.717, 1.165) is 6.42 Å². The molecule has 1 amide bonds. The number of amides is 1. The molecule has 0 radical (unpaired) electrons. The molecule has 0 rings (SSSR count). The summed E-state index contributed by atoms with van der Waals surface area (Å²) in [6, 6.07) is 0. The second-order valence-corrected chi connectivity index (χ2v) is 2.57. The highest BCUT2D eigenvalue weighted by molar-refractivity contribution is 5.86. The van der Waals surface area contributed by atoms with Gasteiger partial charge in [-0.15, -0.1) is 0 Å². The molecule has 0 aromatic carbocycles. The molecule has 0 aliphatic heterocycles. The number of nitrogens with one attached hydrogen (secondary N) is 1. The highest BCUT2D eigenvalue weighted by Gasteiger charge is 2.01. The Kier molecular flexibility index (Phi) is 5.47. The van der Waals surface area contributed by atoms with E-state index in [4.69, 9.17) is 5.11 Å². The fourth-order valence-electron chi connectivity index (χ4n) is 0.669. The van der Waals surface area contributed by atoms with Crippen LogP contribution in [0.4, 0.5) is 0 Å². The zero-order valence-corrected chi connectivity index (χ0v) is 6.84. The summed E-state index contributed by atoms with van der Waals surface area (Å²) >= 11 is 0. The maximum absolute atomic E-state index is 10.6. The van der Waals surface area contributed by atoms with Gasteiger partial charge in [-0.1, -0.05) is 13.5 Å². The molecule has 1 atom stereocenters. The van der Waals surface area contributed by atoms with E-state index in [-0.39, 0.29) is 12.5 Å². The molecule has 1 unspecified atom stereocenters. The lowest BCUT2D eigenvalue weighted by Gasteiger charge is -2.08. The lowest BCUT2D eigenvalue weighted by Crippen LogP contribution is -2.26. The van der Waals surface area contributed by atoms with E-state index in [0.29, 0.717) is 12.5 Å². The molecule has 0 saturated heterocycles. The maximum Gasteiger partial charge on any atom is 0.243 e. The van der Waals surface area contributed by atoms with Gasteiger partial charge in [-0.2, -0.15) is 0 Å². The van der Waals surface area contributed by atoms with E-state index in [9.17, 15) is 4.79 Å². The number of carbonyl (C=O) groups is 1. The lowest BCUT2D eigenvalue weighted by molar-refractivity contribution is -0.116. The number of hydrogen-bond acceptors (Lipinski definition) is 2. The normalized spacial score (nSPS) is 12.2. The average molecular weight is 157 g/mol. The first-order chi connectivity index (χ1) is 5.20. The predicted molar refractivity (Wildman–Crippen MR) is 44.1 cm³/mol. The monoisotopic (exact) mass is 157 g/mol. The summed E-state index contributed by atoms with van der Waals surface area (Å²) in [5, 5.41) is 11.2. The summed E-state index contributed by atoms with van der Waals surface area (Å²) < 4.78 is 0. The van der Waals surface area contributed by atoms with Crippen LogP contribution in [0.25, 0.3) is 0 Å². The fraction of sp³-hybridized carbons (Fsp3) is 0.625. The standard InChI is InChI=1S/C8H15NO2/c1-3-8(11)9-6-7(2)4-5-10/h3,7,10H,1,4-6H2,2H3,(H,9,11). The van der Waals surface area contributed by atoms with Crippen molar-refractivity contribution in [2.45, 2.75) is 13.3 Å². The predicted octanol–water partition coefficient (Wildman–Crippen LogP) is 0.307. The van der Waals surface area contributed by atoms with Gasteiger partial charge < -0.3 is 10.4 Å². The molecule has 3 nitrogen and oxygen atoms in total. The van der Waals surface area contributed by atoms with Gasteiger partial charge in [0.15, 0.2) is 0 Å². The molecule has 0 heterocycles. The summed E-state index contributed by atoms with van der Waals surface area (Å²) in [7, 11) is 0. The fourth-order valence-corrected chi connectivity index (χ4v) is 0.669. The summed E-state index contributed by atoms with van der Waals surface area (Å²) in [5.41, 5.74) is 0. The Morgan fingerprint density at radius 3 is 2.91 bits per heavy atom. The molecular formula is C8H15NO2. The quantitative estimate of drug-likeness (QED) is 0.564. The van der Waals surface area contributed by atoms with Crippen LogP contribution in [-0.4, -0.2) is 24.2 Å². The van der Waals surface area contributed by atoms with Crippen molar-refractivity contribution in [2.75, 3.05) is 13.2 Å². The highest BCUT2D eigenvalue weighted by atomic mass is 16.3. The molecular weight excluding hydrogens is 142 g/mol. The van der Waals surface area contributed by atoms with Gasteiger partial charge in [0.1, 0.15) is 0 Å². The second kappa shape index (κ2) is 5.92. The Hall–Kier alpha value is -0.830. The minimum absolute atomic E-state index is 0.158. The Bertz CT molecular complexity index is 134. The third-order valence-electron chi connectivity index (χ3n) is 1.43. The molecule has 0 saturated carbocycles. The maximum atomic E-state index is 10.6. The van der Waals surface area contributed by atoms with Crippen LogP contribution < -0.4 is 5.32 Å². The van der Waals surface area contributed by atoms with Gasteiger partial charge in [0.2, 0.25) is 5.91 Å². The van der Waals surface area contributed by atoms with Gasteiger partial charge in [0.05, 0.1) is 0 Å². The van der Waals surface area contributed by atoms with E-state index in [1.54, 1.807) is 0 Å². The number of aliphatic hydroxyl groups is 1. The van der Waals surface area contributed by atoms with Gasteiger partial charge in [-0.25, -0.2) is 0 Å². The van der Waals surface area contributed by atoms with Gasteiger partial charge in [-0.05, 0) is 18.4 Å². The van der Waals surface area contributed by atoms with Gasteiger partial charge >= 0.3 is 0 Å². The van der Waals surface area contributed by atoms with E-state index >= 15 is 0 Å². The zero-order chi connectivity index (χ0) is 8.69. The summed E-state index contributed by atoms with van der Waals surface area (Å²) in [5.74, 6) is 0.165. The molecule has 0 aliphatic carbocycles. The minimum atomic E-state index is -0.158. The average Bonchev–Trinajstić information content (AvgIpc) is 2.01. The largest absolute Gasteiger partial charge is 0.396 e. The molecule has 11 heavy (non-hydrogen) atoms. The zero-order valence-electron chi connectivity index (χ0n) is 6.84. The molecule has 0 aromatic rings. The lowest BCUT2D eigenvalue weighted by atomic mass is 10.1. The highest BCUT2D eigenvalue weighted by Crippen LogP contribution is 1.97. The number of carbonyl (C=O) groups excluding carboxylic acids is 1. The van der Waals surface area contributed by atoms with Crippen molar-refractivity contribution in [1.82, 2.24) is 5.32 Å². The molecule has 2 N–H and O–H groups in total. The van der Waals surface area contributed by atoms with Crippen LogP contribution in [0.3, 0.4) is 0 Å². The number of aliphatic hydroxyl groups excluding tert-OH is 1. The van der Waals surface area contributed by atoms with Crippen LogP contribution in [0.1, 0.15) is 13.3 Å². The molecule has 64 valence electrons. The number of hydrogen-bond donors (Lipinski definition) is 2. The van der Waals surface area contributed by atoms with E-state index < -0.39 is 0 Å². The van der Waals surface area contributed by atoms with E-state index in [1.165, 1.54) is 6.08 Å². The molecule has 0 fully saturated rings. The van der Waals surface area contributed by atoms with Crippen molar-refractivity contribution in [3.05, 3.63) is 12.7 Å².